The molecule has 12 heavy (non-hydrogen) atoms. The normalized spacial score (nSPS) is 11.8. The van der Waals surface area contributed by atoms with Crippen LogP contribution in [0.2, 0.25) is 0 Å². The molecule has 0 rings (SSSR count). The molecule has 0 saturated heterocycles. The molecule has 0 aromatic heterocycles. The highest BCUT2D eigenvalue weighted by atomic mass is 14.7. The van der Waals surface area contributed by atoms with Gasteiger partial charge in [0, 0.05) is 12.8 Å². The van der Waals surface area contributed by atoms with E-state index in [2.05, 4.69) is 11.9 Å². The van der Waals surface area contributed by atoms with Crippen LogP contribution >= 0.6 is 0 Å². The highest BCUT2D eigenvalue weighted by Gasteiger charge is 1.85. The number of unbranched alkanes of at least 4 members (excludes halogenated alkanes) is 4. The molecule has 0 bridgehead atoms. The van der Waals surface area contributed by atoms with Gasteiger partial charge in [0.15, 0.2) is 0 Å². The second kappa shape index (κ2) is 10.4. The molecule has 0 spiro atoms. The monoisotopic (exact) mass is 167 g/mol. The van der Waals surface area contributed by atoms with Crippen LogP contribution in [0.1, 0.15) is 46.0 Å². The lowest BCUT2D eigenvalue weighted by atomic mass is 10.2. The van der Waals surface area contributed by atoms with Crippen LogP contribution in [0.3, 0.4) is 0 Å². The van der Waals surface area contributed by atoms with Gasteiger partial charge in [0.2, 0.25) is 0 Å². The van der Waals surface area contributed by atoms with Crippen molar-refractivity contribution in [3.8, 4) is 0 Å². The van der Waals surface area contributed by atoms with Gasteiger partial charge < -0.3 is 0 Å². The highest BCUT2D eigenvalue weighted by Crippen LogP contribution is 2.01. The van der Waals surface area contributed by atoms with Gasteiger partial charge in [-0.2, -0.15) is 0 Å². The summed E-state index contributed by atoms with van der Waals surface area (Å²) in [5.74, 6) is 0. The zero-order valence-electron chi connectivity index (χ0n) is 8.42. The Morgan fingerprint density at radius 1 is 1.08 bits per heavy atom. The summed E-state index contributed by atoms with van der Waals surface area (Å²) in [4.78, 5) is 4.25. The van der Waals surface area contributed by atoms with Gasteiger partial charge in [-0.05, 0) is 19.4 Å². The first-order valence-electron chi connectivity index (χ1n) is 5.03. The maximum Gasteiger partial charge on any atom is 0.0389 e. The van der Waals surface area contributed by atoms with Crippen LogP contribution in [-0.2, 0) is 0 Å². The molecule has 0 heterocycles. The molecular weight excluding hydrogens is 146 g/mol. The van der Waals surface area contributed by atoms with Crippen molar-refractivity contribution in [2.45, 2.75) is 46.0 Å². The fraction of sp³-hybridized carbons (Fsp3) is 0.727. The van der Waals surface area contributed by atoms with Crippen LogP contribution in [0.15, 0.2) is 17.1 Å². The number of rotatable bonds is 7. The van der Waals surface area contributed by atoms with Crippen molar-refractivity contribution in [3.63, 3.8) is 0 Å². The van der Waals surface area contributed by atoms with Gasteiger partial charge in [-0.3, -0.25) is 4.99 Å². The summed E-state index contributed by atoms with van der Waals surface area (Å²) in [6.45, 7) is 5.24. The molecule has 0 unspecified atom stereocenters. The fourth-order valence-electron chi connectivity index (χ4n) is 1.03. The zero-order chi connectivity index (χ0) is 9.07. The van der Waals surface area contributed by atoms with Crippen LogP contribution in [0.5, 0.6) is 0 Å². The van der Waals surface area contributed by atoms with Crippen LogP contribution in [0, 0.1) is 0 Å². The lowest BCUT2D eigenvalue weighted by Gasteiger charge is -1.95. The molecule has 0 N–H and O–H groups in total. The van der Waals surface area contributed by atoms with Crippen LogP contribution in [0.25, 0.3) is 0 Å². The van der Waals surface area contributed by atoms with Gasteiger partial charge in [-0.15, -0.1) is 0 Å². The van der Waals surface area contributed by atoms with Crippen molar-refractivity contribution in [2.75, 3.05) is 6.54 Å². The smallest absolute Gasteiger partial charge is 0.0389 e. The Hall–Kier alpha value is -0.590. The third kappa shape index (κ3) is 9.41. The SMILES string of the molecule is CC=CC=NCCCCCCC. The van der Waals surface area contributed by atoms with Gasteiger partial charge in [-0.1, -0.05) is 38.7 Å². The number of allylic oxidation sites excluding steroid dienone is 2. The first kappa shape index (κ1) is 11.4. The number of nitrogens with zero attached hydrogens (tertiary/aromatic N) is 1. The molecule has 0 aliphatic heterocycles. The molecule has 1 heteroatoms. The van der Waals surface area contributed by atoms with Crippen molar-refractivity contribution >= 4 is 6.21 Å². The van der Waals surface area contributed by atoms with Gasteiger partial charge in [0.25, 0.3) is 0 Å². The zero-order valence-corrected chi connectivity index (χ0v) is 8.42. The molecule has 0 fully saturated rings. The van der Waals surface area contributed by atoms with Crippen LogP contribution in [-0.4, -0.2) is 12.8 Å². The Kier molecular flexibility index (Phi) is 9.90. The van der Waals surface area contributed by atoms with E-state index in [1.807, 2.05) is 25.3 Å². The van der Waals surface area contributed by atoms with Crippen molar-refractivity contribution < 1.29 is 0 Å². The summed E-state index contributed by atoms with van der Waals surface area (Å²) in [6, 6.07) is 0. The van der Waals surface area contributed by atoms with Crippen molar-refractivity contribution in [1.82, 2.24) is 0 Å². The van der Waals surface area contributed by atoms with E-state index < -0.39 is 0 Å². The van der Waals surface area contributed by atoms with Crippen molar-refractivity contribution in [2.24, 2.45) is 4.99 Å². The maximum absolute atomic E-state index is 4.25. The largest absolute Gasteiger partial charge is 0.293 e. The van der Waals surface area contributed by atoms with E-state index in [0.717, 1.165) is 6.54 Å². The van der Waals surface area contributed by atoms with E-state index in [1.165, 1.54) is 32.1 Å². The predicted molar refractivity (Wildman–Crippen MR) is 56.9 cm³/mol. The molecule has 1 nitrogen and oxygen atoms in total. The Balaban J connectivity index is 3.00. The second-order valence-corrected chi connectivity index (χ2v) is 3.00. The molecule has 0 amide bonds. The lowest BCUT2D eigenvalue weighted by Crippen LogP contribution is -1.82. The molecule has 0 aliphatic carbocycles. The van der Waals surface area contributed by atoms with E-state index in [-0.39, 0.29) is 0 Å². The second-order valence-electron chi connectivity index (χ2n) is 3.00. The molecule has 0 aromatic rings. The molecule has 0 aliphatic rings. The molecule has 70 valence electrons. The minimum absolute atomic E-state index is 0.994. The van der Waals surface area contributed by atoms with Gasteiger partial charge in [-0.25, -0.2) is 0 Å². The number of aliphatic imine (C=N–C) groups is 1. The third-order valence-electron chi connectivity index (χ3n) is 1.77. The Morgan fingerprint density at radius 3 is 2.50 bits per heavy atom. The van der Waals surface area contributed by atoms with E-state index in [1.54, 1.807) is 0 Å². The highest BCUT2D eigenvalue weighted by molar-refractivity contribution is 5.70. The Bertz CT molecular complexity index is 125. The van der Waals surface area contributed by atoms with Crippen LogP contribution < -0.4 is 0 Å². The fourth-order valence-corrected chi connectivity index (χ4v) is 1.03. The summed E-state index contributed by atoms with van der Waals surface area (Å²) >= 11 is 0. The standard InChI is InChI=1S/C11H21N/c1-3-5-7-8-9-11-12-10-6-4-2/h4,6,10H,3,5,7-9,11H2,1-2H3. The first-order valence-corrected chi connectivity index (χ1v) is 5.03. The van der Waals surface area contributed by atoms with E-state index in [9.17, 15) is 0 Å². The first-order chi connectivity index (χ1) is 5.91. The van der Waals surface area contributed by atoms with Crippen LogP contribution in [0.4, 0.5) is 0 Å². The summed E-state index contributed by atoms with van der Waals surface area (Å²) in [5, 5.41) is 0. The number of hydrogen-bond acceptors (Lipinski definition) is 1. The van der Waals surface area contributed by atoms with Gasteiger partial charge >= 0.3 is 0 Å². The minimum atomic E-state index is 0.994. The van der Waals surface area contributed by atoms with Crippen molar-refractivity contribution in [1.29, 1.82) is 0 Å². The molecule has 0 atom stereocenters. The van der Waals surface area contributed by atoms with Gasteiger partial charge in [0.1, 0.15) is 0 Å². The summed E-state index contributed by atoms with van der Waals surface area (Å²) in [6.07, 6.45) is 12.5. The summed E-state index contributed by atoms with van der Waals surface area (Å²) in [5.41, 5.74) is 0. The predicted octanol–water partition coefficient (Wildman–Crippen LogP) is 3.60. The quantitative estimate of drug-likeness (QED) is 0.406. The Morgan fingerprint density at radius 2 is 1.83 bits per heavy atom. The maximum atomic E-state index is 4.25. The van der Waals surface area contributed by atoms with E-state index in [4.69, 9.17) is 0 Å². The Labute approximate surface area is 76.6 Å². The average molecular weight is 167 g/mol. The third-order valence-corrected chi connectivity index (χ3v) is 1.77. The summed E-state index contributed by atoms with van der Waals surface area (Å²) in [7, 11) is 0. The molecule has 0 aromatic carbocycles. The van der Waals surface area contributed by atoms with Gasteiger partial charge in [0.05, 0.1) is 0 Å². The number of hydrogen-bond donors (Lipinski definition) is 0. The molecular formula is C11H21N. The molecule has 0 radical (unpaired) electrons. The lowest BCUT2D eigenvalue weighted by molar-refractivity contribution is 0.639. The average Bonchev–Trinajstić information content (AvgIpc) is 2.10. The van der Waals surface area contributed by atoms with Crippen molar-refractivity contribution in [3.05, 3.63) is 12.2 Å². The minimum Gasteiger partial charge on any atom is -0.293 e. The van der Waals surface area contributed by atoms with E-state index >= 15 is 0 Å². The molecule has 0 saturated carbocycles. The van der Waals surface area contributed by atoms with E-state index in [0.29, 0.717) is 0 Å². The topological polar surface area (TPSA) is 12.4 Å². The summed E-state index contributed by atoms with van der Waals surface area (Å²) < 4.78 is 0.